The van der Waals surface area contributed by atoms with Crippen molar-refractivity contribution in [2.45, 2.75) is 6.92 Å². The van der Waals surface area contributed by atoms with Crippen molar-refractivity contribution in [3.8, 4) is 0 Å². The van der Waals surface area contributed by atoms with Crippen molar-refractivity contribution in [3.05, 3.63) is 23.2 Å². The van der Waals surface area contributed by atoms with Crippen LogP contribution in [-0.4, -0.2) is 19.0 Å². The Kier molecular flexibility index (Phi) is 4.24. The highest BCUT2D eigenvalue weighted by Crippen LogP contribution is 2.22. The molecule has 0 saturated heterocycles. The monoisotopic (exact) mass is 227 g/mol. The number of nitrogens with two attached hydrogens (primary N) is 1. The summed E-state index contributed by atoms with van der Waals surface area (Å²) in [7, 11) is 0. The van der Waals surface area contributed by atoms with Gasteiger partial charge in [-0.2, -0.15) is 0 Å². The average Bonchev–Trinajstić information content (AvgIpc) is 2.14. The molecule has 1 aromatic rings. The van der Waals surface area contributed by atoms with E-state index in [-0.39, 0.29) is 5.91 Å². The van der Waals surface area contributed by atoms with Crippen LogP contribution in [0.5, 0.6) is 0 Å². The van der Waals surface area contributed by atoms with Crippen LogP contribution in [0.1, 0.15) is 6.92 Å². The number of carbonyl (C=O) groups is 1. The van der Waals surface area contributed by atoms with E-state index in [4.69, 9.17) is 17.3 Å². The Morgan fingerprint density at radius 2 is 2.20 bits per heavy atom. The van der Waals surface area contributed by atoms with Crippen LogP contribution in [0.25, 0.3) is 0 Å². The zero-order valence-electron chi connectivity index (χ0n) is 8.51. The third-order valence-corrected chi connectivity index (χ3v) is 2.06. The summed E-state index contributed by atoms with van der Waals surface area (Å²) in [5.74, 6) is -0.0409. The highest BCUT2D eigenvalue weighted by atomic mass is 35.5. The van der Waals surface area contributed by atoms with Crippen molar-refractivity contribution in [2.24, 2.45) is 0 Å². The van der Waals surface area contributed by atoms with Crippen molar-refractivity contribution < 1.29 is 4.79 Å². The number of carbonyl (C=O) groups excluding carboxylic acids is 1. The summed E-state index contributed by atoms with van der Waals surface area (Å²) in [4.78, 5) is 10.6. The van der Waals surface area contributed by atoms with Gasteiger partial charge in [0, 0.05) is 25.0 Å². The van der Waals surface area contributed by atoms with Gasteiger partial charge in [-0.05, 0) is 18.2 Å². The van der Waals surface area contributed by atoms with Crippen LogP contribution in [0.3, 0.4) is 0 Å². The smallest absolute Gasteiger partial charge is 0.216 e. The molecule has 0 fully saturated rings. The molecule has 4 N–H and O–H groups in total. The minimum Gasteiger partial charge on any atom is -0.397 e. The largest absolute Gasteiger partial charge is 0.397 e. The van der Waals surface area contributed by atoms with Gasteiger partial charge in [0.25, 0.3) is 0 Å². The van der Waals surface area contributed by atoms with Gasteiger partial charge in [0.2, 0.25) is 5.91 Å². The summed E-state index contributed by atoms with van der Waals surface area (Å²) in [5.41, 5.74) is 7.16. The molecule has 0 radical (unpaired) electrons. The Bertz CT molecular complexity index is 355. The van der Waals surface area contributed by atoms with E-state index in [1.807, 2.05) is 6.07 Å². The van der Waals surface area contributed by atoms with Gasteiger partial charge in [0.15, 0.2) is 0 Å². The molecule has 0 unspecified atom stereocenters. The van der Waals surface area contributed by atoms with E-state index >= 15 is 0 Å². The Morgan fingerprint density at radius 3 is 2.80 bits per heavy atom. The molecule has 82 valence electrons. The maximum absolute atomic E-state index is 10.6. The highest BCUT2D eigenvalue weighted by molar-refractivity contribution is 6.31. The molecule has 0 saturated carbocycles. The molecule has 0 atom stereocenters. The molecule has 0 aliphatic heterocycles. The van der Waals surface area contributed by atoms with Gasteiger partial charge in [-0.15, -0.1) is 0 Å². The van der Waals surface area contributed by atoms with E-state index in [2.05, 4.69) is 10.6 Å². The molecular weight excluding hydrogens is 214 g/mol. The van der Waals surface area contributed by atoms with Crippen LogP contribution in [-0.2, 0) is 4.79 Å². The van der Waals surface area contributed by atoms with Crippen molar-refractivity contribution in [1.82, 2.24) is 5.32 Å². The molecule has 0 aromatic heterocycles. The SMILES string of the molecule is CC(=O)NCCNc1ccc(Cl)cc1N. The molecule has 1 aromatic carbocycles. The van der Waals surface area contributed by atoms with Crippen molar-refractivity contribution >= 4 is 28.9 Å². The van der Waals surface area contributed by atoms with E-state index in [1.54, 1.807) is 12.1 Å². The normalized spacial score (nSPS) is 9.73. The van der Waals surface area contributed by atoms with Crippen LogP contribution in [0.2, 0.25) is 5.02 Å². The standard InChI is InChI=1S/C10H14ClN3O/c1-7(15)13-4-5-14-10-3-2-8(11)6-9(10)12/h2-3,6,14H,4-5,12H2,1H3,(H,13,15). The lowest BCUT2D eigenvalue weighted by molar-refractivity contribution is -0.118. The molecule has 0 spiro atoms. The van der Waals surface area contributed by atoms with E-state index in [0.29, 0.717) is 23.8 Å². The number of nitrogens with one attached hydrogen (secondary N) is 2. The van der Waals surface area contributed by atoms with Crippen molar-refractivity contribution in [2.75, 3.05) is 24.1 Å². The van der Waals surface area contributed by atoms with Crippen LogP contribution in [0, 0.1) is 0 Å². The molecule has 0 heterocycles. The molecule has 4 nitrogen and oxygen atoms in total. The minimum absolute atomic E-state index is 0.0409. The number of nitrogen functional groups attached to an aromatic ring is 1. The summed E-state index contributed by atoms with van der Waals surface area (Å²) in [6.07, 6.45) is 0. The lowest BCUT2D eigenvalue weighted by atomic mass is 10.2. The Balaban J connectivity index is 2.40. The zero-order chi connectivity index (χ0) is 11.3. The lowest BCUT2D eigenvalue weighted by Gasteiger charge is -2.09. The number of hydrogen-bond donors (Lipinski definition) is 3. The van der Waals surface area contributed by atoms with Crippen molar-refractivity contribution in [3.63, 3.8) is 0 Å². The number of rotatable bonds is 4. The second-order valence-electron chi connectivity index (χ2n) is 3.14. The highest BCUT2D eigenvalue weighted by Gasteiger charge is 1.98. The Hall–Kier alpha value is -1.42. The summed E-state index contributed by atoms with van der Waals surface area (Å²) < 4.78 is 0. The van der Waals surface area contributed by atoms with E-state index < -0.39 is 0 Å². The predicted octanol–water partition coefficient (Wildman–Crippen LogP) is 1.47. The van der Waals surface area contributed by atoms with E-state index in [1.165, 1.54) is 6.92 Å². The Labute approximate surface area is 93.8 Å². The first-order valence-corrected chi connectivity index (χ1v) is 5.00. The van der Waals surface area contributed by atoms with Crippen LogP contribution < -0.4 is 16.4 Å². The van der Waals surface area contributed by atoms with Gasteiger partial charge in [-0.3, -0.25) is 4.79 Å². The molecule has 1 amide bonds. The summed E-state index contributed by atoms with van der Waals surface area (Å²) in [5, 5.41) is 6.39. The van der Waals surface area contributed by atoms with Gasteiger partial charge in [0.1, 0.15) is 0 Å². The molecule has 0 aliphatic rings. The van der Waals surface area contributed by atoms with Gasteiger partial charge < -0.3 is 16.4 Å². The fourth-order valence-electron chi connectivity index (χ4n) is 1.13. The predicted molar refractivity (Wildman–Crippen MR) is 63.0 cm³/mol. The van der Waals surface area contributed by atoms with Crippen LogP contribution in [0.4, 0.5) is 11.4 Å². The fourth-order valence-corrected chi connectivity index (χ4v) is 1.31. The maximum Gasteiger partial charge on any atom is 0.216 e. The van der Waals surface area contributed by atoms with E-state index in [9.17, 15) is 4.79 Å². The first kappa shape index (κ1) is 11.7. The molecule has 5 heteroatoms. The zero-order valence-corrected chi connectivity index (χ0v) is 9.27. The fraction of sp³-hybridized carbons (Fsp3) is 0.300. The van der Waals surface area contributed by atoms with Gasteiger partial charge >= 0.3 is 0 Å². The van der Waals surface area contributed by atoms with E-state index in [0.717, 1.165) is 5.69 Å². The van der Waals surface area contributed by atoms with Crippen LogP contribution in [0.15, 0.2) is 18.2 Å². The lowest BCUT2D eigenvalue weighted by Crippen LogP contribution is -2.26. The minimum atomic E-state index is -0.0409. The van der Waals surface area contributed by atoms with Crippen molar-refractivity contribution in [1.29, 1.82) is 0 Å². The maximum atomic E-state index is 10.6. The molecular formula is C10H14ClN3O. The first-order chi connectivity index (χ1) is 7.09. The number of halogens is 1. The molecule has 15 heavy (non-hydrogen) atoms. The van der Waals surface area contributed by atoms with Gasteiger partial charge in [-0.25, -0.2) is 0 Å². The summed E-state index contributed by atoms with van der Waals surface area (Å²) in [6, 6.07) is 5.26. The summed E-state index contributed by atoms with van der Waals surface area (Å²) >= 11 is 5.76. The second-order valence-corrected chi connectivity index (χ2v) is 3.58. The first-order valence-electron chi connectivity index (χ1n) is 4.63. The third kappa shape index (κ3) is 4.08. The number of benzene rings is 1. The quantitative estimate of drug-likeness (QED) is 0.539. The number of anilines is 2. The number of hydrogen-bond acceptors (Lipinski definition) is 3. The number of amides is 1. The van der Waals surface area contributed by atoms with Gasteiger partial charge in [0.05, 0.1) is 11.4 Å². The molecule has 1 rings (SSSR count). The second kappa shape index (κ2) is 5.46. The molecule has 0 aliphatic carbocycles. The topological polar surface area (TPSA) is 67.2 Å². The van der Waals surface area contributed by atoms with Crippen LogP contribution >= 0.6 is 11.6 Å². The molecule has 0 bridgehead atoms. The average molecular weight is 228 g/mol. The Morgan fingerprint density at radius 1 is 1.47 bits per heavy atom. The summed E-state index contributed by atoms with van der Waals surface area (Å²) in [6.45, 7) is 2.68. The van der Waals surface area contributed by atoms with Gasteiger partial charge in [-0.1, -0.05) is 11.6 Å². The third-order valence-electron chi connectivity index (χ3n) is 1.83.